The highest BCUT2D eigenvalue weighted by Gasteiger charge is 2.24. The molecule has 1 saturated heterocycles. The number of urea groups is 1. The molecule has 0 bridgehead atoms. The van der Waals surface area contributed by atoms with Crippen LogP contribution in [0.5, 0.6) is 0 Å². The van der Waals surface area contributed by atoms with Crippen LogP contribution in [0.2, 0.25) is 5.02 Å². The first-order chi connectivity index (χ1) is 16.1. The topological polar surface area (TPSA) is 44.8 Å². The van der Waals surface area contributed by atoms with Crippen molar-refractivity contribution in [3.63, 3.8) is 0 Å². The normalized spacial score (nSPS) is 15.3. The number of hydrogen-bond donors (Lipinski definition) is 1. The smallest absolute Gasteiger partial charge is 0.321 e. The van der Waals surface area contributed by atoms with E-state index in [1.165, 1.54) is 5.56 Å². The molecule has 2 amide bonds. The molecule has 5 nitrogen and oxygen atoms in total. The molecule has 33 heavy (non-hydrogen) atoms. The van der Waals surface area contributed by atoms with Crippen molar-refractivity contribution in [2.24, 2.45) is 0 Å². The van der Waals surface area contributed by atoms with Gasteiger partial charge >= 0.3 is 6.03 Å². The number of carbonyl (C=O) groups excluding carboxylic acids is 1. The Balaban J connectivity index is 1.35. The molecule has 1 fully saturated rings. The molecular weight excluding hydrogens is 434 g/mol. The molecule has 1 aliphatic rings. The molecule has 0 spiro atoms. The zero-order chi connectivity index (χ0) is 23.0. The fourth-order valence-electron chi connectivity index (χ4n) is 4.02. The van der Waals surface area contributed by atoms with Gasteiger partial charge in [0.05, 0.1) is 12.7 Å². The Hall–Kier alpha value is -2.86. The molecule has 1 aliphatic heterocycles. The van der Waals surface area contributed by atoms with E-state index in [1.807, 2.05) is 59.5 Å². The SMILES string of the molecule is Cc1cccc(COC(CN2CCN(C(=O)Nc3ccccc3)CC2)c2ccc(Cl)cc2)c1. The van der Waals surface area contributed by atoms with Crippen LogP contribution in [0.15, 0.2) is 78.9 Å². The fraction of sp³-hybridized carbons (Fsp3) is 0.296. The van der Waals surface area contributed by atoms with E-state index in [4.69, 9.17) is 16.3 Å². The number of ether oxygens (including phenoxy) is 1. The number of anilines is 1. The highest BCUT2D eigenvalue weighted by Crippen LogP contribution is 2.23. The summed E-state index contributed by atoms with van der Waals surface area (Å²) in [7, 11) is 0. The van der Waals surface area contributed by atoms with Gasteiger partial charge in [-0.3, -0.25) is 4.90 Å². The van der Waals surface area contributed by atoms with Gasteiger partial charge < -0.3 is 15.0 Å². The van der Waals surface area contributed by atoms with Crippen LogP contribution in [0.3, 0.4) is 0 Å². The Labute approximate surface area is 200 Å². The van der Waals surface area contributed by atoms with Crippen LogP contribution in [0.4, 0.5) is 10.5 Å². The van der Waals surface area contributed by atoms with E-state index < -0.39 is 0 Å². The molecule has 0 aromatic heterocycles. The van der Waals surface area contributed by atoms with E-state index in [9.17, 15) is 4.79 Å². The number of halogens is 1. The lowest BCUT2D eigenvalue weighted by molar-refractivity contribution is 0.00592. The molecule has 4 rings (SSSR count). The van der Waals surface area contributed by atoms with Crippen molar-refractivity contribution >= 4 is 23.3 Å². The first-order valence-corrected chi connectivity index (χ1v) is 11.7. The van der Waals surface area contributed by atoms with Crippen molar-refractivity contribution in [1.82, 2.24) is 9.80 Å². The quantitative estimate of drug-likeness (QED) is 0.484. The van der Waals surface area contributed by atoms with Gasteiger partial charge in [0.1, 0.15) is 0 Å². The number of hydrogen-bond acceptors (Lipinski definition) is 3. The number of aryl methyl sites for hydroxylation is 1. The Morgan fingerprint density at radius 2 is 1.70 bits per heavy atom. The Morgan fingerprint density at radius 1 is 0.970 bits per heavy atom. The highest BCUT2D eigenvalue weighted by atomic mass is 35.5. The minimum absolute atomic E-state index is 0.0502. The van der Waals surface area contributed by atoms with Crippen LogP contribution in [0, 0.1) is 6.92 Å². The number of carbonyl (C=O) groups is 1. The number of piperazine rings is 1. The minimum atomic E-state index is -0.0764. The first kappa shape index (κ1) is 23.3. The second-order valence-electron chi connectivity index (χ2n) is 8.42. The van der Waals surface area contributed by atoms with Gasteiger partial charge in [-0.05, 0) is 42.3 Å². The minimum Gasteiger partial charge on any atom is -0.368 e. The molecule has 0 aliphatic carbocycles. The lowest BCUT2D eigenvalue weighted by atomic mass is 10.1. The van der Waals surface area contributed by atoms with Gasteiger partial charge in [-0.1, -0.05) is 71.8 Å². The Kier molecular flexibility index (Phi) is 8.00. The zero-order valence-electron chi connectivity index (χ0n) is 18.9. The molecule has 3 aromatic rings. The van der Waals surface area contributed by atoms with Gasteiger partial charge in [-0.25, -0.2) is 4.79 Å². The molecule has 1 N–H and O–H groups in total. The third-order valence-electron chi connectivity index (χ3n) is 5.88. The molecule has 1 heterocycles. The summed E-state index contributed by atoms with van der Waals surface area (Å²) < 4.78 is 6.39. The van der Waals surface area contributed by atoms with Crippen LogP contribution in [0.25, 0.3) is 0 Å². The van der Waals surface area contributed by atoms with Gasteiger partial charge in [0.2, 0.25) is 0 Å². The van der Waals surface area contributed by atoms with Crippen LogP contribution >= 0.6 is 11.6 Å². The van der Waals surface area contributed by atoms with Crippen molar-refractivity contribution in [2.75, 3.05) is 38.0 Å². The molecule has 3 aromatic carbocycles. The van der Waals surface area contributed by atoms with E-state index in [2.05, 4.69) is 41.4 Å². The lowest BCUT2D eigenvalue weighted by Gasteiger charge is -2.36. The van der Waals surface area contributed by atoms with E-state index in [0.717, 1.165) is 36.4 Å². The van der Waals surface area contributed by atoms with Crippen molar-refractivity contribution in [2.45, 2.75) is 19.6 Å². The molecule has 1 atom stereocenters. The maximum atomic E-state index is 12.6. The largest absolute Gasteiger partial charge is 0.368 e. The fourth-order valence-corrected chi connectivity index (χ4v) is 4.15. The van der Waals surface area contributed by atoms with Crippen LogP contribution in [-0.2, 0) is 11.3 Å². The van der Waals surface area contributed by atoms with Crippen molar-refractivity contribution in [1.29, 1.82) is 0 Å². The van der Waals surface area contributed by atoms with Crippen molar-refractivity contribution < 1.29 is 9.53 Å². The molecule has 0 saturated carbocycles. The number of para-hydroxylation sites is 1. The van der Waals surface area contributed by atoms with E-state index >= 15 is 0 Å². The predicted octanol–water partition coefficient (Wildman–Crippen LogP) is 5.76. The number of nitrogens with zero attached hydrogens (tertiary/aromatic N) is 2. The second kappa shape index (κ2) is 11.3. The monoisotopic (exact) mass is 463 g/mol. The zero-order valence-corrected chi connectivity index (χ0v) is 19.7. The highest BCUT2D eigenvalue weighted by molar-refractivity contribution is 6.30. The van der Waals surface area contributed by atoms with Crippen molar-refractivity contribution in [3.8, 4) is 0 Å². The molecular formula is C27H30ClN3O2. The summed E-state index contributed by atoms with van der Waals surface area (Å²) >= 11 is 6.11. The van der Waals surface area contributed by atoms with E-state index in [0.29, 0.717) is 24.7 Å². The maximum Gasteiger partial charge on any atom is 0.321 e. The third-order valence-corrected chi connectivity index (χ3v) is 6.14. The predicted molar refractivity (Wildman–Crippen MR) is 134 cm³/mol. The van der Waals surface area contributed by atoms with Gasteiger partial charge in [0.15, 0.2) is 0 Å². The van der Waals surface area contributed by atoms with Gasteiger partial charge in [0, 0.05) is 43.4 Å². The number of amides is 2. The van der Waals surface area contributed by atoms with E-state index in [1.54, 1.807) is 0 Å². The molecule has 0 radical (unpaired) electrons. The summed E-state index contributed by atoms with van der Waals surface area (Å²) in [5.41, 5.74) is 4.31. The van der Waals surface area contributed by atoms with Gasteiger partial charge in [0.25, 0.3) is 0 Å². The van der Waals surface area contributed by atoms with Gasteiger partial charge in [-0.2, -0.15) is 0 Å². The summed E-state index contributed by atoms with van der Waals surface area (Å²) in [6.45, 7) is 6.39. The molecule has 1 unspecified atom stereocenters. The Morgan fingerprint density at radius 3 is 2.39 bits per heavy atom. The standard InChI is InChI=1S/C27H30ClN3O2/c1-21-6-5-7-22(18-21)20-33-26(23-10-12-24(28)13-11-23)19-30-14-16-31(17-15-30)27(32)29-25-8-3-2-4-9-25/h2-13,18,26H,14-17,19-20H2,1H3,(H,29,32). The summed E-state index contributed by atoms with van der Waals surface area (Å²) in [6, 6.07) is 25.8. The third kappa shape index (κ3) is 6.81. The van der Waals surface area contributed by atoms with Crippen LogP contribution in [-0.4, -0.2) is 48.6 Å². The average Bonchev–Trinajstić information content (AvgIpc) is 2.83. The maximum absolute atomic E-state index is 12.6. The first-order valence-electron chi connectivity index (χ1n) is 11.3. The number of rotatable bonds is 7. The summed E-state index contributed by atoms with van der Waals surface area (Å²) in [4.78, 5) is 16.8. The van der Waals surface area contributed by atoms with Crippen LogP contribution in [0.1, 0.15) is 22.8 Å². The Bertz CT molecular complexity index is 1030. The average molecular weight is 464 g/mol. The summed E-state index contributed by atoms with van der Waals surface area (Å²) in [5, 5.41) is 3.69. The molecule has 6 heteroatoms. The lowest BCUT2D eigenvalue weighted by Crippen LogP contribution is -2.50. The summed E-state index contributed by atoms with van der Waals surface area (Å²) in [5.74, 6) is 0. The number of nitrogens with one attached hydrogen (secondary N) is 1. The van der Waals surface area contributed by atoms with Crippen molar-refractivity contribution in [3.05, 3.63) is 101 Å². The summed E-state index contributed by atoms with van der Waals surface area (Å²) in [6.07, 6.45) is -0.0764. The second-order valence-corrected chi connectivity index (χ2v) is 8.86. The van der Waals surface area contributed by atoms with Gasteiger partial charge in [-0.15, -0.1) is 0 Å². The number of benzene rings is 3. The van der Waals surface area contributed by atoms with Crippen LogP contribution < -0.4 is 5.32 Å². The van der Waals surface area contributed by atoms with E-state index in [-0.39, 0.29) is 12.1 Å². The molecule has 172 valence electrons.